The van der Waals surface area contributed by atoms with E-state index in [4.69, 9.17) is 4.74 Å². The molecular weight excluding hydrogens is 278 g/mol. The van der Waals surface area contributed by atoms with Crippen LogP contribution in [0.2, 0.25) is 0 Å². The monoisotopic (exact) mass is 301 g/mol. The van der Waals surface area contributed by atoms with Crippen LogP contribution >= 0.6 is 0 Å². The van der Waals surface area contributed by atoms with Gasteiger partial charge in [0, 0.05) is 11.6 Å². The number of sulfonamides is 1. The first kappa shape index (κ1) is 16.9. The van der Waals surface area contributed by atoms with Crippen LogP contribution in [-0.2, 0) is 16.6 Å². The predicted molar refractivity (Wildman–Crippen MR) is 78.2 cm³/mol. The molecule has 0 heterocycles. The first-order valence-corrected chi connectivity index (χ1v) is 8.19. The molecule has 0 amide bonds. The van der Waals surface area contributed by atoms with E-state index in [0.29, 0.717) is 17.9 Å². The van der Waals surface area contributed by atoms with Gasteiger partial charge in [0.2, 0.25) is 10.0 Å². The standard InChI is InChI=1S/C14H23NO4S/c1-5-19-14-7-6-13(8-12(14)9-16)20(17,18)15-11(4)10(2)3/h6-8,10-11,15-16H,5,9H2,1-4H3. The predicted octanol–water partition coefficient (Wildman–Crippen LogP) is 1.90. The highest BCUT2D eigenvalue weighted by atomic mass is 32.2. The van der Waals surface area contributed by atoms with Gasteiger partial charge >= 0.3 is 0 Å². The lowest BCUT2D eigenvalue weighted by atomic mass is 10.1. The summed E-state index contributed by atoms with van der Waals surface area (Å²) in [5, 5.41) is 9.31. The van der Waals surface area contributed by atoms with E-state index < -0.39 is 10.0 Å². The maximum Gasteiger partial charge on any atom is 0.240 e. The minimum absolute atomic E-state index is 0.137. The first-order chi connectivity index (χ1) is 9.31. The number of rotatable bonds is 7. The summed E-state index contributed by atoms with van der Waals surface area (Å²) >= 11 is 0. The van der Waals surface area contributed by atoms with Gasteiger partial charge in [-0.05, 0) is 38.0 Å². The largest absolute Gasteiger partial charge is 0.494 e. The summed E-state index contributed by atoms with van der Waals surface area (Å²) in [5.41, 5.74) is 0.465. The van der Waals surface area contributed by atoms with Crippen molar-refractivity contribution in [1.29, 1.82) is 0 Å². The Bertz CT molecular complexity index is 540. The van der Waals surface area contributed by atoms with Crippen molar-refractivity contribution in [3.8, 4) is 5.75 Å². The zero-order valence-corrected chi connectivity index (χ0v) is 13.2. The highest BCUT2D eigenvalue weighted by molar-refractivity contribution is 7.89. The molecule has 5 nitrogen and oxygen atoms in total. The second kappa shape index (κ2) is 7.06. The molecule has 0 fully saturated rings. The van der Waals surface area contributed by atoms with Gasteiger partial charge in [-0.25, -0.2) is 13.1 Å². The van der Waals surface area contributed by atoms with Gasteiger partial charge in [0.05, 0.1) is 18.1 Å². The summed E-state index contributed by atoms with van der Waals surface area (Å²) in [6.45, 7) is 7.75. The Morgan fingerprint density at radius 1 is 1.30 bits per heavy atom. The summed E-state index contributed by atoms with van der Waals surface area (Å²) in [6.07, 6.45) is 0. The lowest BCUT2D eigenvalue weighted by Gasteiger charge is -2.18. The number of aliphatic hydroxyl groups is 1. The fourth-order valence-corrected chi connectivity index (χ4v) is 3.03. The molecular formula is C14H23NO4S. The minimum Gasteiger partial charge on any atom is -0.494 e. The second-order valence-corrected chi connectivity index (χ2v) is 6.73. The Kier molecular flexibility index (Phi) is 5.98. The molecule has 0 aliphatic heterocycles. The Morgan fingerprint density at radius 3 is 2.45 bits per heavy atom. The van der Waals surface area contributed by atoms with Gasteiger partial charge in [0.1, 0.15) is 5.75 Å². The maximum absolute atomic E-state index is 12.3. The second-order valence-electron chi connectivity index (χ2n) is 5.01. The van der Waals surface area contributed by atoms with Crippen LogP contribution in [0.25, 0.3) is 0 Å². The molecule has 0 aliphatic rings. The van der Waals surface area contributed by atoms with Crippen LogP contribution in [0.5, 0.6) is 5.75 Å². The van der Waals surface area contributed by atoms with Crippen LogP contribution in [0, 0.1) is 5.92 Å². The molecule has 0 saturated carbocycles. The van der Waals surface area contributed by atoms with Crippen molar-refractivity contribution in [2.24, 2.45) is 5.92 Å². The number of hydrogen-bond donors (Lipinski definition) is 2. The van der Waals surface area contributed by atoms with Crippen LogP contribution in [0.4, 0.5) is 0 Å². The molecule has 1 aromatic carbocycles. The van der Waals surface area contributed by atoms with Crippen LogP contribution in [-0.4, -0.2) is 26.2 Å². The van der Waals surface area contributed by atoms with Gasteiger partial charge < -0.3 is 9.84 Å². The van der Waals surface area contributed by atoms with Gasteiger partial charge in [0.25, 0.3) is 0 Å². The Morgan fingerprint density at radius 2 is 1.95 bits per heavy atom. The highest BCUT2D eigenvalue weighted by Crippen LogP contribution is 2.23. The molecule has 0 bridgehead atoms. The third-order valence-electron chi connectivity index (χ3n) is 3.15. The number of aliphatic hydroxyl groups excluding tert-OH is 1. The fourth-order valence-electron chi connectivity index (χ4n) is 1.59. The lowest BCUT2D eigenvalue weighted by Crippen LogP contribution is -2.36. The summed E-state index contributed by atoms with van der Waals surface area (Å²) in [4.78, 5) is 0.137. The quantitative estimate of drug-likeness (QED) is 0.806. The SMILES string of the molecule is CCOc1ccc(S(=O)(=O)NC(C)C(C)C)cc1CO. The van der Waals surface area contributed by atoms with Crippen LogP contribution in [0.3, 0.4) is 0 Å². The van der Waals surface area contributed by atoms with E-state index in [9.17, 15) is 13.5 Å². The molecule has 0 aliphatic carbocycles. The average molecular weight is 301 g/mol. The molecule has 1 aromatic rings. The first-order valence-electron chi connectivity index (χ1n) is 6.70. The maximum atomic E-state index is 12.3. The van der Waals surface area contributed by atoms with Gasteiger partial charge in [-0.15, -0.1) is 0 Å². The summed E-state index contributed by atoms with van der Waals surface area (Å²) < 4.78 is 32.5. The van der Waals surface area contributed by atoms with E-state index in [-0.39, 0.29) is 23.5 Å². The zero-order chi connectivity index (χ0) is 15.3. The molecule has 114 valence electrons. The van der Waals surface area contributed by atoms with Gasteiger partial charge in [0.15, 0.2) is 0 Å². The number of hydrogen-bond acceptors (Lipinski definition) is 4. The normalized spacial score (nSPS) is 13.5. The molecule has 6 heteroatoms. The van der Waals surface area contributed by atoms with Crippen molar-refractivity contribution in [3.63, 3.8) is 0 Å². The molecule has 1 unspecified atom stereocenters. The topological polar surface area (TPSA) is 75.6 Å². The van der Waals surface area contributed by atoms with E-state index in [1.165, 1.54) is 12.1 Å². The van der Waals surface area contributed by atoms with Crippen molar-refractivity contribution in [1.82, 2.24) is 4.72 Å². The summed E-state index contributed by atoms with van der Waals surface area (Å²) in [7, 11) is -3.59. The summed E-state index contributed by atoms with van der Waals surface area (Å²) in [6, 6.07) is 4.34. The fraction of sp³-hybridized carbons (Fsp3) is 0.571. The molecule has 0 radical (unpaired) electrons. The minimum atomic E-state index is -3.59. The van der Waals surface area contributed by atoms with E-state index in [1.54, 1.807) is 6.07 Å². The van der Waals surface area contributed by atoms with Gasteiger partial charge in [-0.3, -0.25) is 0 Å². The number of ether oxygens (including phenoxy) is 1. The molecule has 1 atom stereocenters. The lowest BCUT2D eigenvalue weighted by molar-refractivity contribution is 0.266. The molecule has 0 aromatic heterocycles. The zero-order valence-electron chi connectivity index (χ0n) is 12.4. The van der Waals surface area contributed by atoms with Crippen molar-refractivity contribution >= 4 is 10.0 Å². The number of benzene rings is 1. The smallest absolute Gasteiger partial charge is 0.240 e. The van der Waals surface area contributed by atoms with E-state index in [2.05, 4.69) is 4.72 Å². The number of nitrogens with one attached hydrogen (secondary N) is 1. The Labute approximate surface area is 121 Å². The third kappa shape index (κ3) is 4.19. The van der Waals surface area contributed by atoms with Gasteiger partial charge in [-0.2, -0.15) is 0 Å². The van der Waals surface area contributed by atoms with Crippen molar-refractivity contribution in [2.45, 2.75) is 45.2 Å². The van der Waals surface area contributed by atoms with E-state index in [1.807, 2.05) is 27.7 Å². The molecule has 1 rings (SSSR count). The Hall–Kier alpha value is -1.11. The van der Waals surface area contributed by atoms with Crippen LogP contribution < -0.4 is 9.46 Å². The molecule has 0 saturated heterocycles. The summed E-state index contributed by atoms with van der Waals surface area (Å²) in [5.74, 6) is 0.704. The van der Waals surface area contributed by atoms with E-state index in [0.717, 1.165) is 0 Å². The molecule has 0 spiro atoms. The Balaban J connectivity index is 3.07. The molecule has 2 N–H and O–H groups in total. The van der Waals surface area contributed by atoms with Crippen LogP contribution in [0.1, 0.15) is 33.3 Å². The van der Waals surface area contributed by atoms with Gasteiger partial charge in [-0.1, -0.05) is 13.8 Å². The van der Waals surface area contributed by atoms with Crippen molar-refractivity contribution < 1.29 is 18.3 Å². The van der Waals surface area contributed by atoms with E-state index >= 15 is 0 Å². The highest BCUT2D eigenvalue weighted by Gasteiger charge is 2.20. The average Bonchev–Trinajstić information content (AvgIpc) is 2.38. The molecule has 20 heavy (non-hydrogen) atoms. The third-order valence-corrected chi connectivity index (χ3v) is 4.71. The van der Waals surface area contributed by atoms with Crippen LogP contribution in [0.15, 0.2) is 23.1 Å². The van der Waals surface area contributed by atoms with Crippen molar-refractivity contribution in [3.05, 3.63) is 23.8 Å². The van der Waals surface area contributed by atoms with Crippen molar-refractivity contribution in [2.75, 3.05) is 6.61 Å².